The van der Waals surface area contributed by atoms with Crippen molar-refractivity contribution in [1.29, 1.82) is 0 Å². The predicted octanol–water partition coefficient (Wildman–Crippen LogP) is 4.29. The molecule has 148 valence electrons. The first-order chi connectivity index (χ1) is 13.2. The van der Waals surface area contributed by atoms with Gasteiger partial charge in [0.15, 0.2) is 0 Å². The zero-order valence-electron chi connectivity index (χ0n) is 16.5. The van der Waals surface area contributed by atoms with Crippen LogP contribution in [0.4, 0.5) is 11.4 Å². The van der Waals surface area contributed by atoms with Crippen LogP contribution >= 0.6 is 11.6 Å². The number of amides is 2. The quantitative estimate of drug-likeness (QED) is 0.837. The smallest absolute Gasteiger partial charge is 0.255 e. The van der Waals surface area contributed by atoms with Crippen LogP contribution in [0.1, 0.15) is 31.1 Å². The predicted molar refractivity (Wildman–Crippen MR) is 114 cm³/mol. The van der Waals surface area contributed by atoms with Crippen molar-refractivity contribution in [2.75, 3.05) is 36.4 Å². The first kappa shape index (κ1) is 20.2. The number of halogens is 1. The van der Waals surface area contributed by atoms with E-state index in [1.165, 1.54) is 0 Å². The van der Waals surface area contributed by atoms with E-state index in [4.69, 9.17) is 11.6 Å². The lowest BCUT2D eigenvalue weighted by molar-refractivity contribution is -0.139. The van der Waals surface area contributed by atoms with E-state index in [0.29, 0.717) is 10.6 Å². The number of piperazine rings is 1. The van der Waals surface area contributed by atoms with Gasteiger partial charge in [0.05, 0.1) is 0 Å². The highest BCUT2D eigenvalue weighted by Crippen LogP contribution is 2.23. The maximum absolute atomic E-state index is 12.4. The van der Waals surface area contributed by atoms with Crippen LogP contribution in [-0.2, 0) is 4.79 Å². The number of hydrogen-bond acceptors (Lipinski definition) is 3. The molecule has 1 saturated heterocycles. The molecule has 0 atom stereocenters. The van der Waals surface area contributed by atoms with Crippen molar-refractivity contribution in [3.05, 3.63) is 59.1 Å². The second kappa shape index (κ2) is 8.23. The van der Waals surface area contributed by atoms with E-state index >= 15 is 0 Å². The van der Waals surface area contributed by atoms with Crippen molar-refractivity contribution in [1.82, 2.24) is 4.90 Å². The highest BCUT2D eigenvalue weighted by atomic mass is 35.5. The van der Waals surface area contributed by atoms with Crippen molar-refractivity contribution in [3.8, 4) is 0 Å². The third-order valence-corrected chi connectivity index (χ3v) is 5.06. The molecular formula is C22H26ClN3O2. The monoisotopic (exact) mass is 399 g/mol. The molecule has 0 spiro atoms. The van der Waals surface area contributed by atoms with Gasteiger partial charge in [-0.05, 0) is 48.5 Å². The van der Waals surface area contributed by atoms with E-state index in [1.807, 2.05) is 49.9 Å². The van der Waals surface area contributed by atoms with Gasteiger partial charge in [0.25, 0.3) is 5.91 Å². The summed E-state index contributed by atoms with van der Waals surface area (Å²) in [5.74, 6) is 0.0335. The second-order valence-electron chi connectivity index (χ2n) is 8.04. The van der Waals surface area contributed by atoms with Crippen molar-refractivity contribution < 1.29 is 9.59 Å². The standard InChI is InChI=1S/C22H26ClN3O2/c1-22(2,3)21(28)26-14-12-25(13-15-26)19-10-8-18(9-11-19)24-20(27)16-4-6-17(23)7-5-16/h4-11H,12-15H2,1-3H3,(H,24,27). The molecule has 1 heterocycles. The molecule has 1 N–H and O–H groups in total. The van der Waals surface area contributed by atoms with Crippen LogP contribution in [0.5, 0.6) is 0 Å². The second-order valence-corrected chi connectivity index (χ2v) is 8.47. The number of carbonyl (C=O) groups excluding carboxylic acids is 2. The molecule has 2 amide bonds. The molecular weight excluding hydrogens is 374 g/mol. The van der Waals surface area contributed by atoms with Gasteiger partial charge in [-0.15, -0.1) is 0 Å². The molecule has 0 aliphatic carbocycles. The Balaban J connectivity index is 1.57. The number of carbonyl (C=O) groups is 2. The summed E-state index contributed by atoms with van der Waals surface area (Å²) in [5, 5.41) is 3.50. The van der Waals surface area contributed by atoms with Crippen LogP contribution in [0.2, 0.25) is 5.02 Å². The van der Waals surface area contributed by atoms with E-state index in [2.05, 4.69) is 10.2 Å². The van der Waals surface area contributed by atoms with Gasteiger partial charge in [0.2, 0.25) is 5.91 Å². The molecule has 0 bridgehead atoms. The first-order valence-electron chi connectivity index (χ1n) is 9.45. The summed E-state index contributed by atoms with van der Waals surface area (Å²) in [6.45, 7) is 8.93. The van der Waals surface area contributed by atoms with Crippen LogP contribution in [-0.4, -0.2) is 42.9 Å². The average molecular weight is 400 g/mol. The third-order valence-electron chi connectivity index (χ3n) is 4.81. The summed E-state index contributed by atoms with van der Waals surface area (Å²) in [4.78, 5) is 28.9. The van der Waals surface area contributed by atoms with Gasteiger partial charge in [-0.3, -0.25) is 9.59 Å². The summed E-state index contributed by atoms with van der Waals surface area (Å²) in [5.41, 5.74) is 2.05. The van der Waals surface area contributed by atoms with Gasteiger partial charge >= 0.3 is 0 Å². The SMILES string of the molecule is CC(C)(C)C(=O)N1CCN(c2ccc(NC(=O)c3ccc(Cl)cc3)cc2)CC1. The Kier molecular flexibility index (Phi) is 5.94. The van der Waals surface area contributed by atoms with Crippen LogP contribution in [0, 0.1) is 5.41 Å². The van der Waals surface area contributed by atoms with Crippen LogP contribution in [0.3, 0.4) is 0 Å². The largest absolute Gasteiger partial charge is 0.368 e. The molecule has 1 aliphatic heterocycles. The maximum atomic E-state index is 12.4. The van der Waals surface area contributed by atoms with Gasteiger partial charge in [0, 0.05) is 53.6 Å². The number of nitrogens with zero attached hydrogens (tertiary/aromatic N) is 2. The number of nitrogens with one attached hydrogen (secondary N) is 1. The molecule has 1 aliphatic rings. The van der Waals surface area contributed by atoms with Gasteiger partial charge in [-0.2, -0.15) is 0 Å². The molecule has 0 unspecified atom stereocenters. The van der Waals surface area contributed by atoms with Gasteiger partial charge in [0.1, 0.15) is 0 Å². The molecule has 0 aromatic heterocycles. The summed E-state index contributed by atoms with van der Waals surface area (Å²) < 4.78 is 0. The highest BCUT2D eigenvalue weighted by molar-refractivity contribution is 6.30. The number of rotatable bonds is 3. The van der Waals surface area contributed by atoms with E-state index in [1.54, 1.807) is 24.3 Å². The molecule has 6 heteroatoms. The first-order valence-corrected chi connectivity index (χ1v) is 9.83. The lowest BCUT2D eigenvalue weighted by atomic mass is 9.94. The normalized spacial score (nSPS) is 14.7. The van der Waals surface area contributed by atoms with Crippen molar-refractivity contribution in [2.24, 2.45) is 5.41 Å². The van der Waals surface area contributed by atoms with Gasteiger partial charge in [-0.25, -0.2) is 0 Å². The maximum Gasteiger partial charge on any atom is 0.255 e. The lowest BCUT2D eigenvalue weighted by Gasteiger charge is -2.38. The van der Waals surface area contributed by atoms with Crippen LogP contribution in [0.15, 0.2) is 48.5 Å². The van der Waals surface area contributed by atoms with Crippen LogP contribution < -0.4 is 10.2 Å². The van der Waals surface area contributed by atoms with Crippen molar-refractivity contribution in [3.63, 3.8) is 0 Å². The minimum atomic E-state index is -0.341. The Morgan fingerprint density at radius 2 is 1.46 bits per heavy atom. The van der Waals surface area contributed by atoms with Gasteiger partial charge in [-0.1, -0.05) is 32.4 Å². The zero-order valence-corrected chi connectivity index (χ0v) is 17.3. The van der Waals surface area contributed by atoms with E-state index in [9.17, 15) is 9.59 Å². The molecule has 3 rings (SSSR count). The van der Waals surface area contributed by atoms with Crippen LogP contribution in [0.25, 0.3) is 0 Å². The van der Waals surface area contributed by atoms with E-state index in [0.717, 1.165) is 37.6 Å². The Morgan fingerprint density at radius 1 is 0.893 bits per heavy atom. The number of benzene rings is 2. The summed E-state index contributed by atoms with van der Waals surface area (Å²) in [7, 11) is 0. The highest BCUT2D eigenvalue weighted by Gasteiger charge is 2.29. The molecule has 0 saturated carbocycles. The molecule has 2 aromatic carbocycles. The van der Waals surface area contributed by atoms with E-state index < -0.39 is 0 Å². The third kappa shape index (κ3) is 4.84. The molecule has 5 nitrogen and oxygen atoms in total. The molecule has 0 radical (unpaired) electrons. The van der Waals surface area contributed by atoms with Crippen molar-refractivity contribution >= 4 is 34.8 Å². The molecule has 28 heavy (non-hydrogen) atoms. The van der Waals surface area contributed by atoms with Gasteiger partial charge < -0.3 is 15.1 Å². The fraction of sp³-hybridized carbons (Fsp3) is 0.364. The minimum absolute atomic E-state index is 0.168. The summed E-state index contributed by atoms with van der Waals surface area (Å²) >= 11 is 5.86. The Morgan fingerprint density at radius 3 is 2.00 bits per heavy atom. The minimum Gasteiger partial charge on any atom is -0.368 e. The van der Waals surface area contributed by atoms with E-state index in [-0.39, 0.29) is 17.2 Å². The fourth-order valence-electron chi connectivity index (χ4n) is 3.20. The molecule has 1 fully saturated rings. The Hall–Kier alpha value is -2.53. The number of hydrogen-bond donors (Lipinski definition) is 1. The Labute approximate surface area is 171 Å². The average Bonchev–Trinajstić information content (AvgIpc) is 2.68. The number of anilines is 2. The fourth-order valence-corrected chi connectivity index (χ4v) is 3.33. The van der Waals surface area contributed by atoms with Crippen molar-refractivity contribution in [2.45, 2.75) is 20.8 Å². The Bertz CT molecular complexity index is 834. The lowest BCUT2D eigenvalue weighted by Crippen LogP contribution is -2.51. The zero-order chi connectivity index (χ0) is 20.3. The topological polar surface area (TPSA) is 52.7 Å². The summed E-state index contributed by atoms with van der Waals surface area (Å²) in [6.07, 6.45) is 0. The molecule has 2 aromatic rings. The summed E-state index contributed by atoms with van der Waals surface area (Å²) in [6, 6.07) is 14.6.